The van der Waals surface area contributed by atoms with E-state index in [1.54, 1.807) is 0 Å². The first-order chi connectivity index (χ1) is 13.2. The summed E-state index contributed by atoms with van der Waals surface area (Å²) in [7, 11) is 0. The van der Waals surface area contributed by atoms with E-state index in [2.05, 4.69) is 29.6 Å². The zero-order chi connectivity index (χ0) is 18.9. The second-order valence-electron chi connectivity index (χ2n) is 7.81. The summed E-state index contributed by atoms with van der Waals surface area (Å²) in [5, 5.41) is 10.5. The maximum atomic E-state index is 10.9. The predicted molar refractivity (Wildman–Crippen MR) is 116 cm³/mol. The molecule has 0 radical (unpaired) electrons. The molecule has 2 saturated carbocycles. The molecule has 0 saturated heterocycles. The van der Waals surface area contributed by atoms with Gasteiger partial charge in [-0.3, -0.25) is 0 Å². The first-order valence-electron chi connectivity index (χ1n) is 10.4. The lowest BCUT2D eigenvalue weighted by atomic mass is 10.0. The molecule has 2 fully saturated rings. The van der Waals surface area contributed by atoms with Gasteiger partial charge < -0.3 is 9.84 Å². The number of carboxylic acids is 1. The monoisotopic (exact) mass is 408 g/mol. The SMILES string of the molecule is O=C(O)COc1cc(CSC2CCCCC2)cc(CSC2CCCCC2)c1. The summed E-state index contributed by atoms with van der Waals surface area (Å²) >= 11 is 4.12. The van der Waals surface area contributed by atoms with E-state index in [0.717, 1.165) is 22.0 Å². The van der Waals surface area contributed by atoms with Crippen molar-refractivity contribution in [3.63, 3.8) is 0 Å². The lowest BCUT2D eigenvalue weighted by molar-refractivity contribution is -0.139. The zero-order valence-electron chi connectivity index (χ0n) is 16.2. The number of benzene rings is 1. The van der Waals surface area contributed by atoms with Gasteiger partial charge in [0.25, 0.3) is 0 Å². The smallest absolute Gasteiger partial charge is 0.341 e. The average Bonchev–Trinajstić information content (AvgIpc) is 2.71. The van der Waals surface area contributed by atoms with Gasteiger partial charge in [-0.15, -0.1) is 0 Å². The van der Waals surface area contributed by atoms with Crippen LogP contribution in [0.2, 0.25) is 0 Å². The molecule has 0 spiro atoms. The molecule has 1 N–H and O–H groups in total. The van der Waals surface area contributed by atoms with Crippen LogP contribution in [0.4, 0.5) is 0 Å². The second-order valence-corrected chi connectivity index (χ2v) is 10.4. The maximum absolute atomic E-state index is 10.9. The fourth-order valence-corrected chi connectivity index (χ4v) is 6.54. The summed E-state index contributed by atoms with van der Waals surface area (Å²) in [5.41, 5.74) is 2.54. The molecule has 150 valence electrons. The first kappa shape index (κ1) is 20.9. The van der Waals surface area contributed by atoms with E-state index in [9.17, 15) is 4.79 Å². The number of carbonyl (C=O) groups is 1. The van der Waals surface area contributed by atoms with E-state index < -0.39 is 5.97 Å². The van der Waals surface area contributed by atoms with Gasteiger partial charge in [-0.2, -0.15) is 23.5 Å². The molecule has 0 aliphatic heterocycles. The quantitative estimate of drug-likeness (QED) is 0.521. The summed E-state index contributed by atoms with van der Waals surface area (Å²) < 4.78 is 5.51. The number of ether oxygens (including phenoxy) is 1. The Morgan fingerprint density at radius 2 is 1.33 bits per heavy atom. The highest BCUT2D eigenvalue weighted by Crippen LogP contribution is 2.34. The van der Waals surface area contributed by atoms with Crippen molar-refractivity contribution < 1.29 is 14.6 Å². The van der Waals surface area contributed by atoms with Crippen molar-refractivity contribution in [3.05, 3.63) is 29.3 Å². The van der Waals surface area contributed by atoms with Crippen LogP contribution in [0.15, 0.2) is 18.2 Å². The van der Waals surface area contributed by atoms with Gasteiger partial charge in [0.1, 0.15) is 5.75 Å². The Labute approximate surface area is 172 Å². The van der Waals surface area contributed by atoms with E-state index >= 15 is 0 Å². The van der Waals surface area contributed by atoms with Gasteiger partial charge >= 0.3 is 5.97 Å². The third-order valence-corrected chi connectivity index (χ3v) is 8.35. The summed E-state index contributed by atoms with van der Waals surface area (Å²) in [5.74, 6) is 1.78. The van der Waals surface area contributed by atoms with Crippen LogP contribution >= 0.6 is 23.5 Å². The minimum absolute atomic E-state index is 0.269. The highest BCUT2D eigenvalue weighted by Gasteiger charge is 2.16. The molecule has 0 aromatic heterocycles. The van der Waals surface area contributed by atoms with Crippen molar-refractivity contribution in [2.24, 2.45) is 0 Å². The minimum atomic E-state index is -0.921. The number of carboxylic acid groups (broad SMARTS) is 1. The Kier molecular flexibility index (Phi) is 8.72. The van der Waals surface area contributed by atoms with Gasteiger partial charge in [-0.05, 0) is 48.9 Å². The summed E-state index contributed by atoms with van der Waals surface area (Å²) in [6, 6.07) is 6.38. The lowest BCUT2D eigenvalue weighted by Crippen LogP contribution is -2.10. The molecule has 2 aliphatic rings. The minimum Gasteiger partial charge on any atom is -0.482 e. The Bertz CT molecular complexity index is 553. The van der Waals surface area contributed by atoms with E-state index in [0.29, 0.717) is 5.75 Å². The molecular formula is C22H32O3S2. The Morgan fingerprint density at radius 1 is 0.852 bits per heavy atom. The zero-order valence-corrected chi connectivity index (χ0v) is 17.8. The van der Waals surface area contributed by atoms with Gasteiger partial charge in [0.05, 0.1) is 0 Å². The molecule has 2 aliphatic carbocycles. The van der Waals surface area contributed by atoms with Gasteiger partial charge in [0, 0.05) is 22.0 Å². The molecule has 3 nitrogen and oxygen atoms in total. The van der Waals surface area contributed by atoms with E-state index in [1.165, 1.54) is 75.3 Å². The average molecular weight is 409 g/mol. The topological polar surface area (TPSA) is 46.5 Å². The van der Waals surface area contributed by atoms with Crippen LogP contribution in [0.25, 0.3) is 0 Å². The maximum Gasteiger partial charge on any atom is 0.341 e. The number of hydrogen-bond acceptors (Lipinski definition) is 4. The molecule has 1 aromatic rings. The summed E-state index contributed by atoms with van der Waals surface area (Å²) in [6.07, 6.45) is 13.6. The number of hydrogen-bond donors (Lipinski definition) is 1. The number of rotatable bonds is 9. The standard InChI is InChI=1S/C22H32O3S2/c23-22(24)14-25-19-12-17(15-26-20-7-3-1-4-8-20)11-18(13-19)16-27-21-9-5-2-6-10-21/h11-13,20-21H,1-10,14-16H2,(H,23,24). The van der Waals surface area contributed by atoms with Crippen molar-refractivity contribution in [2.75, 3.05) is 6.61 Å². The van der Waals surface area contributed by atoms with Crippen LogP contribution in [0.3, 0.4) is 0 Å². The molecule has 0 heterocycles. The van der Waals surface area contributed by atoms with Crippen LogP contribution in [-0.4, -0.2) is 28.2 Å². The Balaban J connectivity index is 1.60. The predicted octanol–water partition coefficient (Wildman–Crippen LogP) is 6.28. The van der Waals surface area contributed by atoms with Crippen LogP contribution < -0.4 is 4.74 Å². The van der Waals surface area contributed by atoms with Crippen molar-refractivity contribution in [1.82, 2.24) is 0 Å². The van der Waals surface area contributed by atoms with Gasteiger partial charge in [0.2, 0.25) is 0 Å². The molecule has 0 unspecified atom stereocenters. The summed E-state index contributed by atoms with van der Waals surface area (Å²) in [6.45, 7) is -0.269. The fourth-order valence-electron chi connectivity index (χ4n) is 4.02. The molecule has 0 bridgehead atoms. The largest absolute Gasteiger partial charge is 0.482 e. The van der Waals surface area contributed by atoms with Gasteiger partial charge in [-0.25, -0.2) is 4.79 Å². The molecule has 0 atom stereocenters. The highest BCUT2D eigenvalue weighted by molar-refractivity contribution is 7.99. The normalized spacial score (nSPS) is 19.1. The third kappa shape index (κ3) is 7.61. The van der Waals surface area contributed by atoms with E-state index in [4.69, 9.17) is 9.84 Å². The molecule has 1 aromatic carbocycles. The second kappa shape index (κ2) is 11.3. The van der Waals surface area contributed by atoms with E-state index in [1.807, 2.05) is 12.1 Å². The highest BCUT2D eigenvalue weighted by atomic mass is 32.2. The lowest BCUT2D eigenvalue weighted by Gasteiger charge is -2.22. The van der Waals surface area contributed by atoms with Crippen molar-refractivity contribution >= 4 is 29.5 Å². The van der Waals surface area contributed by atoms with Crippen molar-refractivity contribution in [1.29, 1.82) is 0 Å². The van der Waals surface area contributed by atoms with Crippen LogP contribution in [-0.2, 0) is 16.3 Å². The number of aliphatic carboxylic acids is 1. The van der Waals surface area contributed by atoms with E-state index in [-0.39, 0.29) is 6.61 Å². The van der Waals surface area contributed by atoms with Crippen LogP contribution in [0.1, 0.15) is 75.3 Å². The van der Waals surface area contributed by atoms with Crippen molar-refractivity contribution in [2.45, 2.75) is 86.2 Å². The number of thioether (sulfide) groups is 2. The first-order valence-corrected chi connectivity index (χ1v) is 12.5. The third-order valence-electron chi connectivity index (χ3n) is 5.46. The molecule has 5 heteroatoms. The Morgan fingerprint density at radius 3 is 1.78 bits per heavy atom. The van der Waals surface area contributed by atoms with Crippen molar-refractivity contribution in [3.8, 4) is 5.75 Å². The fraction of sp³-hybridized carbons (Fsp3) is 0.682. The summed E-state index contributed by atoms with van der Waals surface area (Å²) in [4.78, 5) is 10.9. The van der Waals surface area contributed by atoms with Gasteiger partial charge in [0.15, 0.2) is 6.61 Å². The van der Waals surface area contributed by atoms with Crippen LogP contribution in [0, 0.1) is 0 Å². The van der Waals surface area contributed by atoms with Crippen LogP contribution in [0.5, 0.6) is 5.75 Å². The molecular weight excluding hydrogens is 376 g/mol. The molecule has 0 amide bonds. The molecule has 3 rings (SSSR count). The molecule has 27 heavy (non-hydrogen) atoms. The Hall–Kier alpha value is -0.810. The van der Waals surface area contributed by atoms with Gasteiger partial charge in [-0.1, -0.05) is 44.6 Å².